The predicted octanol–water partition coefficient (Wildman–Crippen LogP) is 4.05. The van der Waals surface area contributed by atoms with Gasteiger partial charge in [-0.25, -0.2) is 0 Å². The zero-order chi connectivity index (χ0) is 21.1. The van der Waals surface area contributed by atoms with E-state index in [0.29, 0.717) is 25.4 Å². The van der Waals surface area contributed by atoms with Crippen molar-refractivity contribution in [2.45, 2.75) is 70.6 Å². The van der Waals surface area contributed by atoms with Crippen LogP contribution in [0.25, 0.3) is 0 Å². The van der Waals surface area contributed by atoms with E-state index in [1.807, 2.05) is 60.7 Å². The van der Waals surface area contributed by atoms with E-state index in [-0.39, 0.29) is 17.9 Å². The Morgan fingerprint density at radius 2 is 1.55 bits per heavy atom. The van der Waals surface area contributed by atoms with Crippen LogP contribution in [-0.2, 0) is 11.2 Å². The van der Waals surface area contributed by atoms with Crippen LogP contribution in [0.1, 0.15) is 57.1 Å². The molecule has 0 heterocycles. The number of nitrogens with one attached hydrogen (secondary N) is 2. The summed E-state index contributed by atoms with van der Waals surface area (Å²) >= 11 is 0. The van der Waals surface area contributed by atoms with E-state index in [1.165, 1.54) is 0 Å². The Balaban J connectivity index is 2.00. The van der Waals surface area contributed by atoms with Crippen LogP contribution in [0.5, 0.6) is 0 Å². The van der Waals surface area contributed by atoms with Gasteiger partial charge < -0.3 is 15.7 Å². The average molecular weight is 397 g/mol. The van der Waals surface area contributed by atoms with Crippen LogP contribution in [-0.4, -0.2) is 35.7 Å². The lowest BCUT2D eigenvalue weighted by atomic mass is 9.96. The first-order chi connectivity index (χ1) is 14.0. The number of carbonyl (C=O) groups is 1. The zero-order valence-corrected chi connectivity index (χ0v) is 18.0. The Hall–Kier alpha value is -2.17. The van der Waals surface area contributed by atoms with Crippen LogP contribution in [0.4, 0.5) is 0 Å². The minimum absolute atomic E-state index is 0.0242. The lowest BCUT2D eigenvalue weighted by molar-refractivity contribution is -0.123. The Bertz CT molecular complexity index is 701. The average Bonchev–Trinajstić information content (AvgIpc) is 2.75. The number of hydrogen-bond donors (Lipinski definition) is 3. The van der Waals surface area contributed by atoms with Gasteiger partial charge in [-0.3, -0.25) is 4.79 Å². The topological polar surface area (TPSA) is 61.4 Å². The van der Waals surface area contributed by atoms with E-state index in [1.54, 1.807) is 0 Å². The van der Waals surface area contributed by atoms with E-state index >= 15 is 0 Å². The number of carbonyl (C=O) groups excluding carboxylic acids is 1. The van der Waals surface area contributed by atoms with Gasteiger partial charge in [0.2, 0.25) is 5.91 Å². The summed E-state index contributed by atoms with van der Waals surface area (Å²) in [6.07, 6.45) is 2.41. The molecule has 2 rings (SSSR count). The van der Waals surface area contributed by atoms with Crippen molar-refractivity contribution < 1.29 is 9.90 Å². The molecule has 2 aromatic rings. The molecular weight excluding hydrogens is 360 g/mol. The van der Waals surface area contributed by atoms with E-state index in [4.69, 9.17) is 0 Å². The highest BCUT2D eigenvalue weighted by atomic mass is 16.3. The Morgan fingerprint density at radius 1 is 0.966 bits per heavy atom. The van der Waals surface area contributed by atoms with Crippen LogP contribution in [0.3, 0.4) is 0 Å². The number of aliphatic hydroxyl groups excluding tert-OH is 1. The molecule has 0 aliphatic rings. The summed E-state index contributed by atoms with van der Waals surface area (Å²) in [6, 6.07) is 20.1. The molecule has 4 nitrogen and oxygen atoms in total. The van der Waals surface area contributed by atoms with Gasteiger partial charge in [0, 0.05) is 19.0 Å². The molecule has 0 aromatic heterocycles. The smallest absolute Gasteiger partial charge is 0.220 e. The van der Waals surface area contributed by atoms with Crippen LogP contribution in [0.2, 0.25) is 0 Å². The molecule has 1 unspecified atom stereocenters. The molecule has 0 bridgehead atoms. The molecule has 29 heavy (non-hydrogen) atoms. The maximum Gasteiger partial charge on any atom is 0.220 e. The highest BCUT2D eigenvalue weighted by Crippen LogP contribution is 2.18. The lowest BCUT2D eigenvalue weighted by Gasteiger charge is -2.27. The predicted molar refractivity (Wildman–Crippen MR) is 120 cm³/mol. The van der Waals surface area contributed by atoms with Crippen molar-refractivity contribution in [3.63, 3.8) is 0 Å². The Kier molecular flexibility index (Phi) is 9.89. The molecule has 0 saturated heterocycles. The maximum absolute atomic E-state index is 12.7. The van der Waals surface area contributed by atoms with Crippen LogP contribution >= 0.6 is 0 Å². The molecular formula is C25H36N2O2. The third-order valence-corrected chi connectivity index (χ3v) is 5.57. The first-order valence-electron chi connectivity index (χ1n) is 10.8. The molecule has 0 spiro atoms. The number of hydrogen-bond acceptors (Lipinski definition) is 3. The molecule has 4 heteroatoms. The minimum Gasteiger partial charge on any atom is -0.390 e. The number of benzene rings is 2. The van der Waals surface area contributed by atoms with E-state index in [0.717, 1.165) is 24.0 Å². The first-order valence-corrected chi connectivity index (χ1v) is 10.8. The highest BCUT2D eigenvalue weighted by Gasteiger charge is 2.23. The molecule has 1 amide bonds. The summed E-state index contributed by atoms with van der Waals surface area (Å²) < 4.78 is 0. The van der Waals surface area contributed by atoms with Gasteiger partial charge in [-0.05, 0) is 36.3 Å². The van der Waals surface area contributed by atoms with Gasteiger partial charge in [-0.1, -0.05) is 81.4 Å². The summed E-state index contributed by atoms with van der Waals surface area (Å²) in [4.78, 5) is 12.7. The number of amides is 1. The number of aliphatic hydroxyl groups is 1. The monoisotopic (exact) mass is 396 g/mol. The van der Waals surface area contributed by atoms with Crippen molar-refractivity contribution in [3.8, 4) is 0 Å². The van der Waals surface area contributed by atoms with Crippen molar-refractivity contribution in [1.29, 1.82) is 0 Å². The molecule has 0 radical (unpaired) electrons. The van der Waals surface area contributed by atoms with Crippen molar-refractivity contribution in [2.75, 3.05) is 6.54 Å². The third kappa shape index (κ3) is 8.00. The largest absolute Gasteiger partial charge is 0.390 e. The molecule has 158 valence electrons. The maximum atomic E-state index is 12.7. The van der Waals surface area contributed by atoms with Crippen molar-refractivity contribution in [1.82, 2.24) is 10.6 Å². The van der Waals surface area contributed by atoms with E-state index in [2.05, 4.69) is 31.4 Å². The quantitative estimate of drug-likeness (QED) is 0.507. The molecule has 0 fully saturated rings. The van der Waals surface area contributed by atoms with E-state index < -0.39 is 6.10 Å². The van der Waals surface area contributed by atoms with Crippen LogP contribution < -0.4 is 10.6 Å². The summed E-state index contributed by atoms with van der Waals surface area (Å²) in [5.41, 5.74) is 2.26. The SMILES string of the molecule is CCC(CC)NC[C@@H](O)[C@H](Cc1ccccc1)NC(=O)CC(C)c1ccccc1. The van der Waals surface area contributed by atoms with Gasteiger partial charge in [0.05, 0.1) is 12.1 Å². The summed E-state index contributed by atoms with van der Waals surface area (Å²) in [7, 11) is 0. The van der Waals surface area contributed by atoms with Gasteiger partial charge >= 0.3 is 0 Å². The van der Waals surface area contributed by atoms with Crippen molar-refractivity contribution in [3.05, 3.63) is 71.8 Å². The first kappa shape index (κ1) is 23.1. The summed E-state index contributed by atoms with van der Waals surface area (Å²) in [6.45, 7) is 6.81. The van der Waals surface area contributed by atoms with Gasteiger partial charge in [-0.15, -0.1) is 0 Å². The molecule has 0 saturated carbocycles. The summed E-state index contributed by atoms with van der Waals surface area (Å²) in [5.74, 6) is 0.109. The third-order valence-electron chi connectivity index (χ3n) is 5.57. The standard InChI is InChI=1S/C25H36N2O2/c1-4-22(5-2)26-18-24(28)23(17-20-12-8-6-9-13-20)27-25(29)16-19(3)21-14-10-7-11-15-21/h6-15,19,22-24,26,28H,4-5,16-18H2,1-3H3,(H,27,29)/t19?,23-,24+/m0/s1. The molecule has 2 aromatic carbocycles. The Morgan fingerprint density at radius 3 is 2.14 bits per heavy atom. The van der Waals surface area contributed by atoms with Crippen molar-refractivity contribution >= 4 is 5.91 Å². The Labute approximate surface area is 175 Å². The minimum atomic E-state index is -0.646. The molecule has 0 aliphatic heterocycles. The fraction of sp³-hybridized carbons (Fsp3) is 0.480. The van der Waals surface area contributed by atoms with Crippen molar-refractivity contribution in [2.24, 2.45) is 0 Å². The fourth-order valence-corrected chi connectivity index (χ4v) is 3.60. The van der Waals surface area contributed by atoms with Gasteiger partial charge in [0.25, 0.3) is 0 Å². The normalized spacial score (nSPS) is 14.4. The lowest BCUT2D eigenvalue weighted by Crippen LogP contribution is -2.50. The van der Waals surface area contributed by atoms with Gasteiger partial charge in [0.1, 0.15) is 0 Å². The highest BCUT2D eigenvalue weighted by molar-refractivity contribution is 5.77. The second-order valence-corrected chi connectivity index (χ2v) is 7.87. The molecule has 0 aliphatic carbocycles. The molecule has 3 N–H and O–H groups in total. The van der Waals surface area contributed by atoms with Crippen LogP contribution in [0.15, 0.2) is 60.7 Å². The fourth-order valence-electron chi connectivity index (χ4n) is 3.60. The second kappa shape index (κ2) is 12.4. The number of rotatable bonds is 12. The molecule has 3 atom stereocenters. The van der Waals surface area contributed by atoms with E-state index in [9.17, 15) is 9.90 Å². The van der Waals surface area contributed by atoms with Gasteiger partial charge in [-0.2, -0.15) is 0 Å². The van der Waals surface area contributed by atoms with Crippen LogP contribution in [0, 0.1) is 0 Å². The second-order valence-electron chi connectivity index (χ2n) is 7.87. The van der Waals surface area contributed by atoms with Gasteiger partial charge in [0.15, 0.2) is 0 Å². The summed E-state index contributed by atoms with van der Waals surface area (Å²) in [5, 5.41) is 17.4. The zero-order valence-electron chi connectivity index (χ0n) is 18.0.